The first-order chi connectivity index (χ1) is 13.8. The average Bonchev–Trinajstić information content (AvgIpc) is 2.79. The van der Waals surface area contributed by atoms with Gasteiger partial charge in [-0.2, -0.15) is 0 Å². The molecule has 1 aliphatic heterocycles. The van der Waals surface area contributed by atoms with E-state index in [9.17, 15) is 4.79 Å². The van der Waals surface area contributed by atoms with Crippen molar-refractivity contribution < 1.29 is 4.79 Å². The topological polar surface area (TPSA) is 100 Å². The molecule has 0 unspecified atom stereocenters. The summed E-state index contributed by atoms with van der Waals surface area (Å²) in [6.45, 7) is 3.06. The van der Waals surface area contributed by atoms with Crippen LogP contribution < -0.4 is 10.2 Å². The highest BCUT2D eigenvalue weighted by Crippen LogP contribution is 2.12. The quantitative estimate of drug-likeness (QED) is 0.710. The lowest BCUT2D eigenvalue weighted by Gasteiger charge is -2.34. The molecule has 9 nitrogen and oxygen atoms in total. The van der Waals surface area contributed by atoms with E-state index >= 15 is 0 Å². The van der Waals surface area contributed by atoms with E-state index < -0.39 is 0 Å². The molecule has 9 heteroatoms. The van der Waals surface area contributed by atoms with Gasteiger partial charge in [-0.1, -0.05) is 6.07 Å². The highest BCUT2D eigenvalue weighted by molar-refractivity contribution is 5.92. The monoisotopic (exact) mass is 376 g/mol. The van der Waals surface area contributed by atoms with Gasteiger partial charge in [-0.05, 0) is 24.3 Å². The maximum atomic E-state index is 12.8. The molecule has 0 aliphatic carbocycles. The van der Waals surface area contributed by atoms with E-state index in [1.807, 2.05) is 18.2 Å². The Morgan fingerprint density at radius 2 is 1.68 bits per heavy atom. The first-order valence-corrected chi connectivity index (χ1v) is 9.08. The molecule has 0 radical (unpaired) electrons. The van der Waals surface area contributed by atoms with Gasteiger partial charge in [0, 0.05) is 51.0 Å². The molecule has 28 heavy (non-hydrogen) atoms. The van der Waals surface area contributed by atoms with Gasteiger partial charge in [0.25, 0.3) is 5.91 Å². The van der Waals surface area contributed by atoms with Gasteiger partial charge in [0.15, 0.2) is 0 Å². The molecule has 3 aromatic rings. The predicted molar refractivity (Wildman–Crippen MR) is 104 cm³/mol. The molecule has 0 aromatic carbocycles. The van der Waals surface area contributed by atoms with Gasteiger partial charge in [0.2, 0.25) is 11.9 Å². The first-order valence-electron chi connectivity index (χ1n) is 9.08. The Morgan fingerprint density at radius 3 is 2.43 bits per heavy atom. The molecule has 1 fully saturated rings. The van der Waals surface area contributed by atoms with Crippen molar-refractivity contribution in [2.45, 2.75) is 6.54 Å². The van der Waals surface area contributed by atoms with Crippen LogP contribution in [-0.4, -0.2) is 61.9 Å². The molecule has 1 N–H and O–H groups in total. The van der Waals surface area contributed by atoms with E-state index in [1.165, 1.54) is 0 Å². The summed E-state index contributed by atoms with van der Waals surface area (Å²) in [4.78, 5) is 38.0. The van der Waals surface area contributed by atoms with Crippen molar-refractivity contribution in [3.63, 3.8) is 0 Å². The minimum atomic E-state index is -0.100. The van der Waals surface area contributed by atoms with Crippen LogP contribution in [0, 0.1) is 0 Å². The Bertz CT molecular complexity index is 913. The van der Waals surface area contributed by atoms with Gasteiger partial charge in [-0.25, -0.2) is 19.9 Å². The van der Waals surface area contributed by atoms with Gasteiger partial charge in [-0.15, -0.1) is 0 Å². The number of hydrogen-bond acceptors (Lipinski definition) is 8. The number of hydrogen-bond donors (Lipinski definition) is 1. The molecular weight excluding hydrogens is 356 g/mol. The van der Waals surface area contributed by atoms with Crippen molar-refractivity contribution >= 4 is 17.8 Å². The van der Waals surface area contributed by atoms with Crippen LogP contribution in [0.25, 0.3) is 0 Å². The van der Waals surface area contributed by atoms with Crippen molar-refractivity contribution in [3.05, 3.63) is 66.5 Å². The van der Waals surface area contributed by atoms with Crippen LogP contribution in [0.3, 0.4) is 0 Å². The summed E-state index contributed by atoms with van der Waals surface area (Å²) in [7, 11) is 0. The molecule has 4 rings (SSSR count). The summed E-state index contributed by atoms with van der Waals surface area (Å²) in [5.41, 5.74) is 1.25. The number of carbonyl (C=O) groups is 1. The van der Waals surface area contributed by atoms with Crippen molar-refractivity contribution in [2.75, 3.05) is 36.4 Å². The smallest absolute Gasteiger partial charge is 0.272 e. The summed E-state index contributed by atoms with van der Waals surface area (Å²) in [5, 5.41) is 3.11. The second-order valence-corrected chi connectivity index (χ2v) is 6.27. The fourth-order valence-corrected chi connectivity index (χ4v) is 2.96. The minimum absolute atomic E-state index is 0.100. The van der Waals surface area contributed by atoms with Gasteiger partial charge >= 0.3 is 0 Å². The molecule has 3 aromatic heterocycles. The SMILES string of the molecule is O=C(c1ccnc(NCc2ccccn2)n1)N1CCN(c2ncccn2)CC1. The van der Waals surface area contributed by atoms with Crippen molar-refractivity contribution in [2.24, 2.45) is 0 Å². The average molecular weight is 376 g/mol. The molecule has 142 valence electrons. The van der Waals surface area contributed by atoms with Crippen molar-refractivity contribution in [3.8, 4) is 0 Å². The standard InChI is InChI=1S/C19H20N8O/c28-17(26-10-12-27(13-11-26)19-22-7-3-8-23-19)16-5-9-21-18(25-16)24-14-15-4-1-2-6-20-15/h1-9H,10-14H2,(H,21,24,25). The molecular formula is C19H20N8O. The Kier molecular flexibility index (Phi) is 5.32. The lowest BCUT2D eigenvalue weighted by atomic mass is 10.2. The van der Waals surface area contributed by atoms with Crippen LogP contribution in [-0.2, 0) is 6.54 Å². The maximum absolute atomic E-state index is 12.8. The van der Waals surface area contributed by atoms with E-state index in [2.05, 4.69) is 35.1 Å². The van der Waals surface area contributed by atoms with Gasteiger partial charge in [0.05, 0.1) is 12.2 Å². The van der Waals surface area contributed by atoms with E-state index in [0.717, 1.165) is 5.69 Å². The molecule has 1 amide bonds. The second-order valence-electron chi connectivity index (χ2n) is 6.27. The number of rotatable bonds is 5. The second kappa shape index (κ2) is 8.38. The summed E-state index contributed by atoms with van der Waals surface area (Å²) < 4.78 is 0. The number of anilines is 2. The fourth-order valence-electron chi connectivity index (χ4n) is 2.96. The Hall–Kier alpha value is -3.62. The molecule has 1 aliphatic rings. The number of amides is 1. The van der Waals surface area contributed by atoms with Crippen molar-refractivity contribution in [1.82, 2.24) is 29.8 Å². The van der Waals surface area contributed by atoms with Gasteiger partial charge in [0.1, 0.15) is 5.69 Å². The van der Waals surface area contributed by atoms with Crippen LogP contribution in [0.4, 0.5) is 11.9 Å². The van der Waals surface area contributed by atoms with Gasteiger partial charge in [-0.3, -0.25) is 9.78 Å². The third-order valence-electron chi connectivity index (χ3n) is 4.43. The van der Waals surface area contributed by atoms with E-state index in [4.69, 9.17) is 0 Å². The summed E-state index contributed by atoms with van der Waals surface area (Å²) >= 11 is 0. The Labute approximate surface area is 162 Å². The molecule has 0 bridgehead atoms. The molecule has 0 saturated carbocycles. The normalized spacial score (nSPS) is 14.0. The summed E-state index contributed by atoms with van der Waals surface area (Å²) in [6, 6.07) is 9.13. The third kappa shape index (κ3) is 4.20. The molecule has 4 heterocycles. The number of carbonyl (C=O) groups excluding carboxylic acids is 1. The number of pyridine rings is 1. The van der Waals surface area contributed by atoms with Crippen LogP contribution in [0.15, 0.2) is 55.1 Å². The Balaban J connectivity index is 1.36. The maximum Gasteiger partial charge on any atom is 0.272 e. The predicted octanol–water partition coefficient (Wildman–Crippen LogP) is 1.24. The van der Waals surface area contributed by atoms with Gasteiger partial charge < -0.3 is 15.1 Å². The zero-order valence-electron chi connectivity index (χ0n) is 15.3. The van der Waals surface area contributed by atoms with Crippen LogP contribution >= 0.6 is 0 Å². The third-order valence-corrected chi connectivity index (χ3v) is 4.43. The minimum Gasteiger partial charge on any atom is -0.349 e. The molecule has 0 spiro atoms. The molecule has 1 saturated heterocycles. The summed E-state index contributed by atoms with van der Waals surface area (Å²) in [6.07, 6.45) is 6.77. The lowest BCUT2D eigenvalue weighted by molar-refractivity contribution is 0.0740. The highest BCUT2D eigenvalue weighted by atomic mass is 16.2. The Morgan fingerprint density at radius 1 is 0.893 bits per heavy atom. The summed E-state index contributed by atoms with van der Waals surface area (Å²) in [5.74, 6) is 1.00. The van der Waals surface area contributed by atoms with Crippen LogP contribution in [0.5, 0.6) is 0 Å². The highest BCUT2D eigenvalue weighted by Gasteiger charge is 2.24. The van der Waals surface area contributed by atoms with Crippen LogP contribution in [0.2, 0.25) is 0 Å². The van der Waals surface area contributed by atoms with Crippen molar-refractivity contribution in [1.29, 1.82) is 0 Å². The number of piperazine rings is 1. The van der Waals surface area contributed by atoms with Crippen LogP contribution in [0.1, 0.15) is 16.2 Å². The number of aromatic nitrogens is 5. The number of nitrogens with zero attached hydrogens (tertiary/aromatic N) is 7. The zero-order chi connectivity index (χ0) is 19.2. The first kappa shape index (κ1) is 17.8. The zero-order valence-corrected chi connectivity index (χ0v) is 15.3. The van der Waals surface area contributed by atoms with E-state index in [-0.39, 0.29) is 5.91 Å². The number of nitrogens with one attached hydrogen (secondary N) is 1. The largest absolute Gasteiger partial charge is 0.349 e. The molecule has 0 atom stereocenters. The fraction of sp³-hybridized carbons (Fsp3) is 0.263. The lowest BCUT2D eigenvalue weighted by Crippen LogP contribution is -2.49. The van der Waals surface area contributed by atoms with E-state index in [0.29, 0.717) is 50.3 Å². The van der Waals surface area contributed by atoms with E-state index in [1.54, 1.807) is 41.8 Å².